The van der Waals surface area contributed by atoms with Gasteiger partial charge in [0.05, 0.1) is 18.4 Å². The number of carbonyl (C=O) groups is 2. The van der Waals surface area contributed by atoms with E-state index in [1.165, 1.54) is 10.5 Å². The fourth-order valence-corrected chi connectivity index (χ4v) is 3.67. The predicted molar refractivity (Wildman–Crippen MR) is 77.7 cm³/mol. The minimum atomic E-state index is -0.168. The monoisotopic (exact) mass is 285 g/mol. The number of amides is 2. The molecule has 1 aliphatic carbocycles. The third-order valence-electron chi connectivity index (χ3n) is 4.57. The summed E-state index contributed by atoms with van der Waals surface area (Å²) in [6, 6.07) is 3.89. The smallest absolute Gasteiger partial charge is 0.234 e. The van der Waals surface area contributed by atoms with Gasteiger partial charge in [-0.25, -0.2) is 4.57 Å². The third kappa shape index (κ3) is 2.39. The zero-order valence-electron chi connectivity index (χ0n) is 12.7. The van der Waals surface area contributed by atoms with Crippen LogP contribution in [0.15, 0.2) is 36.2 Å². The summed E-state index contributed by atoms with van der Waals surface area (Å²) >= 11 is 0. The second-order valence-electron chi connectivity index (χ2n) is 6.35. The van der Waals surface area contributed by atoms with Crippen molar-refractivity contribution >= 4 is 11.8 Å². The van der Waals surface area contributed by atoms with Crippen molar-refractivity contribution in [2.24, 2.45) is 24.8 Å². The van der Waals surface area contributed by atoms with Crippen molar-refractivity contribution in [3.05, 3.63) is 41.7 Å². The standard InChI is InChI=1S/C17H21N2O2/c1-11-7-12(2)15-14(8-11)16(20)19(17(15)21)10-13-5-4-6-18(3)9-13/h4-7,9,12,14-15H,8,10H2,1-3H3/q+1/t12-,14+,15+/m0/s1. The maximum absolute atomic E-state index is 12.6. The van der Waals surface area contributed by atoms with Crippen LogP contribution >= 0.6 is 0 Å². The van der Waals surface area contributed by atoms with Gasteiger partial charge >= 0.3 is 0 Å². The summed E-state index contributed by atoms with van der Waals surface area (Å²) in [4.78, 5) is 26.7. The number of likely N-dealkylation sites (tertiary alicyclic amines) is 1. The number of imide groups is 1. The summed E-state index contributed by atoms with van der Waals surface area (Å²) < 4.78 is 1.93. The minimum Gasteiger partial charge on any atom is -0.277 e. The van der Waals surface area contributed by atoms with Crippen molar-refractivity contribution in [2.75, 3.05) is 0 Å². The molecule has 0 aromatic carbocycles. The number of hydrogen-bond donors (Lipinski definition) is 0. The van der Waals surface area contributed by atoms with Crippen LogP contribution in [0.1, 0.15) is 25.8 Å². The molecule has 0 spiro atoms. The van der Waals surface area contributed by atoms with E-state index >= 15 is 0 Å². The topological polar surface area (TPSA) is 41.3 Å². The maximum Gasteiger partial charge on any atom is 0.234 e. The molecule has 21 heavy (non-hydrogen) atoms. The van der Waals surface area contributed by atoms with E-state index in [4.69, 9.17) is 0 Å². The molecule has 2 aliphatic rings. The van der Waals surface area contributed by atoms with Gasteiger partial charge in [0.25, 0.3) is 0 Å². The molecule has 0 bridgehead atoms. The lowest BCUT2D eigenvalue weighted by Crippen LogP contribution is -2.33. The van der Waals surface area contributed by atoms with Crippen LogP contribution in [0.3, 0.4) is 0 Å². The van der Waals surface area contributed by atoms with Crippen molar-refractivity contribution in [3.63, 3.8) is 0 Å². The van der Waals surface area contributed by atoms with Crippen LogP contribution < -0.4 is 4.57 Å². The lowest BCUT2D eigenvalue weighted by atomic mass is 9.76. The molecule has 0 N–H and O–H groups in total. The normalized spacial score (nSPS) is 28.6. The molecule has 1 saturated heterocycles. The van der Waals surface area contributed by atoms with Gasteiger partial charge in [-0.3, -0.25) is 14.5 Å². The first kappa shape index (κ1) is 14.0. The first-order valence-corrected chi connectivity index (χ1v) is 7.44. The number of aryl methyl sites for hydroxylation is 1. The Bertz CT molecular complexity index is 635. The van der Waals surface area contributed by atoms with Gasteiger partial charge in [0.15, 0.2) is 12.4 Å². The third-order valence-corrected chi connectivity index (χ3v) is 4.57. The van der Waals surface area contributed by atoms with E-state index in [9.17, 15) is 9.59 Å². The lowest BCUT2D eigenvalue weighted by molar-refractivity contribution is -0.672. The molecule has 1 fully saturated rings. The van der Waals surface area contributed by atoms with Crippen molar-refractivity contribution in [1.29, 1.82) is 0 Å². The largest absolute Gasteiger partial charge is 0.277 e. The number of allylic oxidation sites excluding steroid dienone is 2. The molecule has 0 saturated carbocycles. The highest BCUT2D eigenvalue weighted by atomic mass is 16.2. The summed E-state index contributed by atoms with van der Waals surface area (Å²) in [6.45, 7) is 4.47. The molecule has 0 radical (unpaired) electrons. The van der Waals surface area contributed by atoms with Crippen LogP contribution in [0.5, 0.6) is 0 Å². The molecule has 2 heterocycles. The van der Waals surface area contributed by atoms with E-state index in [-0.39, 0.29) is 29.6 Å². The first-order valence-electron chi connectivity index (χ1n) is 7.44. The average molecular weight is 285 g/mol. The summed E-state index contributed by atoms with van der Waals surface area (Å²) in [6.07, 6.45) is 6.75. The van der Waals surface area contributed by atoms with Gasteiger partial charge in [0.2, 0.25) is 11.8 Å². The van der Waals surface area contributed by atoms with Crippen LogP contribution in [0.2, 0.25) is 0 Å². The van der Waals surface area contributed by atoms with Gasteiger partial charge in [-0.15, -0.1) is 0 Å². The molecule has 4 nitrogen and oxygen atoms in total. The van der Waals surface area contributed by atoms with Gasteiger partial charge in [-0.05, 0) is 25.3 Å². The molecular formula is C17H21N2O2+. The lowest BCUT2D eigenvalue weighted by Gasteiger charge is -2.25. The second-order valence-corrected chi connectivity index (χ2v) is 6.35. The number of nitrogens with zero attached hydrogens (tertiary/aromatic N) is 2. The molecular weight excluding hydrogens is 264 g/mol. The Hall–Kier alpha value is -1.97. The van der Waals surface area contributed by atoms with Crippen LogP contribution in [0, 0.1) is 17.8 Å². The Morgan fingerprint density at radius 3 is 2.81 bits per heavy atom. The molecule has 110 valence electrons. The first-order chi connectivity index (χ1) is 9.97. The Morgan fingerprint density at radius 2 is 2.10 bits per heavy atom. The number of rotatable bonds is 2. The SMILES string of the molecule is CC1=C[C@H](C)[C@H]2C(=O)N(Cc3ccc[n+](C)c3)C(=O)[C@@H]2C1. The molecule has 4 heteroatoms. The molecule has 1 aromatic rings. The highest BCUT2D eigenvalue weighted by molar-refractivity contribution is 6.05. The van der Waals surface area contributed by atoms with Gasteiger partial charge in [0, 0.05) is 11.6 Å². The quantitative estimate of drug-likeness (QED) is 0.470. The fraction of sp³-hybridized carbons (Fsp3) is 0.471. The fourth-order valence-electron chi connectivity index (χ4n) is 3.67. The van der Waals surface area contributed by atoms with Gasteiger partial charge in [0.1, 0.15) is 7.05 Å². The van der Waals surface area contributed by atoms with E-state index in [0.29, 0.717) is 6.54 Å². The number of aromatic nitrogens is 1. The number of carbonyl (C=O) groups excluding carboxylic acids is 2. The average Bonchev–Trinajstić information content (AvgIpc) is 2.64. The minimum absolute atomic E-state index is 0.00388. The second kappa shape index (κ2) is 5.10. The van der Waals surface area contributed by atoms with Crippen LogP contribution in [0.4, 0.5) is 0 Å². The zero-order chi connectivity index (χ0) is 15.1. The molecule has 3 rings (SSSR count). The Balaban J connectivity index is 1.86. The molecule has 1 aromatic heterocycles. The molecule has 0 unspecified atom stereocenters. The van der Waals surface area contributed by atoms with Gasteiger partial charge < -0.3 is 0 Å². The van der Waals surface area contributed by atoms with E-state index in [0.717, 1.165) is 12.0 Å². The molecule has 3 atom stereocenters. The highest BCUT2D eigenvalue weighted by Crippen LogP contribution is 2.41. The number of fused-ring (bicyclic) bond motifs is 1. The van der Waals surface area contributed by atoms with E-state index in [1.54, 1.807) is 0 Å². The number of pyridine rings is 1. The molecule has 2 amide bonds. The van der Waals surface area contributed by atoms with Crippen molar-refractivity contribution < 1.29 is 14.2 Å². The molecule has 1 aliphatic heterocycles. The zero-order valence-corrected chi connectivity index (χ0v) is 12.7. The number of hydrogen-bond acceptors (Lipinski definition) is 2. The summed E-state index contributed by atoms with van der Waals surface area (Å²) in [5.74, 6) is -0.186. The summed E-state index contributed by atoms with van der Waals surface area (Å²) in [7, 11) is 1.94. The maximum atomic E-state index is 12.6. The van der Waals surface area contributed by atoms with Crippen molar-refractivity contribution in [3.8, 4) is 0 Å². The van der Waals surface area contributed by atoms with Gasteiger partial charge in [-0.1, -0.05) is 18.6 Å². The summed E-state index contributed by atoms with van der Waals surface area (Å²) in [5.41, 5.74) is 2.20. The van der Waals surface area contributed by atoms with E-state index < -0.39 is 0 Å². The van der Waals surface area contributed by atoms with Crippen LogP contribution in [-0.2, 0) is 23.2 Å². The Morgan fingerprint density at radius 1 is 1.33 bits per heavy atom. The highest BCUT2D eigenvalue weighted by Gasteiger charge is 2.50. The Labute approximate surface area is 125 Å². The van der Waals surface area contributed by atoms with Crippen molar-refractivity contribution in [2.45, 2.75) is 26.8 Å². The van der Waals surface area contributed by atoms with Crippen molar-refractivity contribution in [1.82, 2.24) is 4.90 Å². The van der Waals surface area contributed by atoms with E-state index in [1.807, 2.05) is 50.0 Å². The Kier molecular flexibility index (Phi) is 3.40. The van der Waals surface area contributed by atoms with E-state index in [2.05, 4.69) is 6.08 Å². The van der Waals surface area contributed by atoms with Gasteiger partial charge in [-0.2, -0.15) is 0 Å². The van der Waals surface area contributed by atoms with Crippen LogP contribution in [0.25, 0.3) is 0 Å². The summed E-state index contributed by atoms with van der Waals surface area (Å²) in [5, 5.41) is 0. The predicted octanol–water partition coefficient (Wildman–Crippen LogP) is 1.60. The van der Waals surface area contributed by atoms with Crippen LogP contribution in [-0.4, -0.2) is 16.7 Å².